The van der Waals surface area contributed by atoms with E-state index in [-0.39, 0.29) is 11.3 Å². The van der Waals surface area contributed by atoms with Crippen molar-refractivity contribution in [1.82, 2.24) is 0 Å². The lowest BCUT2D eigenvalue weighted by Gasteiger charge is -2.15. The third kappa shape index (κ3) is 2.73. The van der Waals surface area contributed by atoms with E-state index in [9.17, 15) is 18.3 Å². The Labute approximate surface area is 118 Å². The molecule has 20 heavy (non-hydrogen) atoms. The van der Waals surface area contributed by atoms with Crippen LogP contribution in [-0.4, -0.2) is 12.2 Å². The number of halogens is 4. The molecule has 2 rings (SSSR count). The van der Waals surface area contributed by atoms with Crippen molar-refractivity contribution in [3.05, 3.63) is 63.9 Å². The maximum absolute atomic E-state index is 13.6. The second kappa shape index (κ2) is 5.73. The van der Waals surface area contributed by atoms with E-state index >= 15 is 0 Å². The number of hydrogen-bond donors (Lipinski definition) is 1. The zero-order chi connectivity index (χ0) is 14.9. The minimum atomic E-state index is -1.60. The van der Waals surface area contributed by atoms with E-state index in [1.54, 1.807) is 0 Å². The van der Waals surface area contributed by atoms with Gasteiger partial charge >= 0.3 is 0 Å². The number of methoxy groups -OCH3 is 1. The van der Waals surface area contributed by atoms with Crippen molar-refractivity contribution in [3.63, 3.8) is 0 Å². The highest BCUT2D eigenvalue weighted by molar-refractivity contribution is 6.32. The minimum absolute atomic E-state index is 0.177. The van der Waals surface area contributed by atoms with Gasteiger partial charge in [0.15, 0.2) is 0 Å². The van der Waals surface area contributed by atoms with Crippen LogP contribution in [0.2, 0.25) is 5.02 Å². The Bertz CT molecular complexity index is 623. The highest BCUT2D eigenvalue weighted by Crippen LogP contribution is 2.32. The number of rotatable bonds is 3. The standard InChI is InChI=1S/C14H10ClF3O2/c1-20-12-4-7(2-3-9(12)15)14(19)13-10(17)5-8(16)6-11(13)18/h2-6,14,19H,1H3. The molecule has 0 aliphatic rings. The van der Waals surface area contributed by atoms with Gasteiger partial charge in [0, 0.05) is 12.1 Å². The molecule has 0 saturated carbocycles. The predicted molar refractivity (Wildman–Crippen MR) is 68.4 cm³/mol. The molecule has 0 amide bonds. The second-order valence-corrected chi connectivity index (χ2v) is 4.49. The summed E-state index contributed by atoms with van der Waals surface area (Å²) >= 11 is 5.83. The number of aliphatic hydroxyl groups excluding tert-OH is 1. The Morgan fingerprint density at radius 3 is 2.25 bits per heavy atom. The topological polar surface area (TPSA) is 29.5 Å². The fraction of sp³-hybridized carbons (Fsp3) is 0.143. The van der Waals surface area contributed by atoms with E-state index in [1.165, 1.54) is 25.3 Å². The zero-order valence-electron chi connectivity index (χ0n) is 10.3. The summed E-state index contributed by atoms with van der Waals surface area (Å²) in [6.45, 7) is 0. The van der Waals surface area contributed by atoms with Crippen LogP contribution in [0.25, 0.3) is 0 Å². The lowest BCUT2D eigenvalue weighted by Crippen LogP contribution is -2.07. The molecule has 0 aromatic heterocycles. The van der Waals surface area contributed by atoms with Crippen molar-refractivity contribution in [2.24, 2.45) is 0 Å². The van der Waals surface area contributed by atoms with Crippen LogP contribution < -0.4 is 4.74 Å². The van der Waals surface area contributed by atoms with Crippen LogP contribution >= 0.6 is 11.6 Å². The summed E-state index contributed by atoms with van der Waals surface area (Å²) in [4.78, 5) is 0. The molecule has 0 aliphatic carbocycles. The van der Waals surface area contributed by atoms with Gasteiger partial charge in [-0.25, -0.2) is 13.2 Å². The quantitative estimate of drug-likeness (QED) is 0.933. The van der Waals surface area contributed by atoms with Gasteiger partial charge in [-0.2, -0.15) is 0 Å². The summed E-state index contributed by atoms with van der Waals surface area (Å²) in [7, 11) is 1.37. The minimum Gasteiger partial charge on any atom is -0.495 e. The summed E-state index contributed by atoms with van der Waals surface area (Å²) < 4.78 is 45.0. The summed E-state index contributed by atoms with van der Waals surface area (Å²) in [5.41, 5.74) is -0.452. The maximum atomic E-state index is 13.6. The molecule has 0 radical (unpaired) electrons. The molecule has 0 spiro atoms. The Morgan fingerprint density at radius 1 is 1.10 bits per heavy atom. The third-order valence-corrected chi connectivity index (χ3v) is 3.12. The SMILES string of the molecule is COc1cc(C(O)c2c(F)cc(F)cc2F)ccc1Cl. The van der Waals surface area contributed by atoms with Crippen molar-refractivity contribution in [2.75, 3.05) is 7.11 Å². The van der Waals surface area contributed by atoms with Crippen LogP contribution in [-0.2, 0) is 0 Å². The first-order chi connectivity index (χ1) is 9.43. The summed E-state index contributed by atoms with van der Waals surface area (Å²) in [6, 6.07) is 5.20. The fourth-order valence-corrected chi connectivity index (χ4v) is 2.02. The van der Waals surface area contributed by atoms with Gasteiger partial charge in [0.2, 0.25) is 0 Å². The first-order valence-corrected chi connectivity index (χ1v) is 5.97. The van der Waals surface area contributed by atoms with E-state index in [4.69, 9.17) is 16.3 Å². The first kappa shape index (κ1) is 14.7. The largest absolute Gasteiger partial charge is 0.495 e. The highest BCUT2D eigenvalue weighted by Gasteiger charge is 2.21. The van der Waals surface area contributed by atoms with Crippen molar-refractivity contribution in [1.29, 1.82) is 0 Å². The van der Waals surface area contributed by atoms with E-state index in [0.29, 0.717) is 17.2 Å². The van der Waals surface area contributed by atoms with Crippen molar-refractivity contribution in [2.45, 2.75) is 6.10 Å². The van der Waals surface area contributed by atoms with Crippen molar-refractivity contribution < 1.29 is 23.0 Å². The molecule has 1 N–H and O–H groups in total. The van der Waals surface area contributed by atoms with Gasteiger partial charge in [-0.3, -0.25) is 0 Å². The molecule has 0 heterocycles. The van der Waals surface area contributed by atoms with Crippen LogP contribution in [0.5, 0.6) is 5.75 Å². The normalized spacial score (nSPS) is 12.3. The fourth-order valence-electron chi connectivity index (χ4n) is 1.83. The summed E-state index contributed by atoms with van der Waals surface area (Å²) in [6.07, 6.45) is -1.60. The first-order valence-electron chi connectivity index (χ1n) is 5.60. The number of aliphatic hydroxyl groups is 1. The van der Waals surface area contributed by atoms with E-state index < -0.39 is 29.1 Å². The smallest absolute Gasteiger partial charge is 0.137 e. The van der Waals surface area contributed by atoms with Gasteiger partial charge in [0.05, 0.1) is 17.7 Å². The Morgan fingerprint density at radius 2 is 1.70 bits per heavy atom. The molecule has 2 aromatic rings. The lowest BCUT2D eigenvalue weighted by molar-refractivity contribution is 0.208. The maximum Gasteiger partial charge on any atom is 0.137 e. The van der Waals surface area contributed by atoms with Gasteiger partial charge in [-0.1, -0.05) is 17.7 Å². The zero-order valence-corrected chi connectivity index (χ0v) is 11.1. The van der Waals surface area contributed by atoms with Gasteiger partial charge in [0.1, 0.15) is 29.3 Å². The molecule has 0 saturated heterocycles. The molecule has 106 valence electrons. The molecular weight excluding hydrogens is 293 g/mol. The molecule has 0 aliphatic heterocycles. The average molecular weight is 303 g/mol. The van der Waals surface area contributed by atoms with Crippen LogP contribution in [0.4, 0.5) is 13.2 Å². The summed E-state index contributed by atoms with van der Waals surface area (Å²) in [5, 5.41) is 10.3. The Balaban J connectivity index is 2.49. The Kier molecular flexibility index (Phi) is 4.20. The number of benzene rings is 2. The third-order valence-electron chi connectivity index (χ3n) is 2.81. The molecule has 2 nitrogen and oxygen atoms in total. The van der Waals surface area contributed by atoms with Crippen LogP contribution in [0.3, 0.4) is 0 Å². The van der Waals surface area contributed by atoms with Gasteiger partial charge in [0.25, 0.3) is 0 Å². The monoisotopic (exact) mass is 302 g/mol. The second-order valence-electron chi connectivity index (χ2n) is 4.08. The van der Waals surface area contributed by atoms with E-state index in [2.05, 4.69) is 0 Å². The van der Waals surface area contributed by atoms with E-state index in [1.807, 2.05) is 0 Å². The summed E-state index contributed by atoms with van der Waals surface area (Å²) in [5.74, 6) is -3.12. The Hall–Kier alpha value is -1.72. The molecule has 1 unspecified atom stereocenters. The molecule has 0 fully saturated rings. The average Bonchev–Trinajstić information content (AvgIpc) is 2.37. The van der Waals surface area contributed by atoms with Gasteiger partial charge in [-0.15, -0.1) is 0 Å². The highest BCUT2D eigenvalue weighted by atomic mass is 35.5. The van der Waals surface area contributed by atoms with Crippen molar-refractivity contribution in [3.8, 4) is 5.75 Å². The number of hydrogen-bond acceptors (Lipinski definition) is 2. The molecular formula is C14H10ClF3O2. The number of ether oxygens (including phenoxy) is 1. The van der Waals surface area contributed by atoms with Crippen LogP contribution in [0, 0.1) is 17.5 Å². The molecule has 6 heteroatoms. The van der Waals surface area contributed by atoms with Gasteiger partial charge < -0.3 is 9.84 Å². The molecule has 0 bridgehead atoms. The van der Waals surface area contributed by atoms with Crippen LogP contribution in [0.15, 0.2) is 30.3 Å². The van der Waals surface area contributed by atoms with E-state index in [0.717, 1.165) is 0 Å². The van der Waals surface area contributed by atoms with Crippen molar-refractivity contribution >= 4 is 11.6 Å². The molecule has 2 aromatic carbocycles. The predicted octanol–water partition coefficient (Wildman–Crippen LogP) is 3.85. The van der Waals surface area contributed by atoms with Crippen LogP contribution in [0.1, 0.15) is 17.2 Å². The lowest BCUT2D eigenvalue weighted by atomic mass is 10.00. The van der Waals surface area contributed by atoms with Gasteiger partial charge in [-0.05, 0) is 17.7 Å². The molecule has 1 atom stereocenters.